The molecule has 10 heteroatoms. The molecule has 202 valence electrons. The number of halogens is 2. The molecule has 3 rings (SSSR count). The number of para-hydroxylation sites is 1. The topological polar surface area (TPSA) is 86.8 Å². The molecule has 0 aliphatic heterocycles. The summed E-state index contributed by atoms with van der Waals surface area (Å²) in [6, 6.07) is 17.0. The van der Waals surface area contributed by atoms with Crippen LogP contribution in [0, 0.1) is 11.6 Å². The van der Waals surface area contributed by atoms with Crippen LogP contribution >= 0.6 is 0 Å². The quantitative estimate of drug-likeness (QED) is 0.431. The van der Waals surface area contributed by atoms with E-state index in [4.69, 9.17) is 0 Å². The number of carbonyl (C=O) groups excluding carboxylic acids is 2. The first-order chi connectivity index (χ1) is 17.8. The van der Waals surface area contributed by atoms with Gasteiger partial charge in [0.25, 0.3) is 10.0 Å². The largest absolute Gasteiger partial charge is 0.350 e. The molecule has 1 atom stereocenters. The van der Waals surface area contributed by atoms with Crippen molar-refractivity contribution in [3.63, 3.8) is 0 Å². The van der Waals surface area contributed by atoms with Crippen LogP contribution in [0.4, 0.5) is 14.5 Å². The van der Waals surface area contributed by atoms with Crippen LogP contribution in [0.3, 0.4) is 0 Å². The summed E-state index contributed by atoms with van der Waals surface area (Å²) in [7, 11) is -4.36. The third kappa shape index (κ3) is 7.16. The number of carbonyl (C=O) groups is 2. The lowest BCUT2D eigenvalue weighted by Gasteiger charge is -2.33. The normalized spacial score (nSPS) is 12.5. The molecule has 0 aliphatic rings. The molecule has 3 aromatic carbocycles. The van der Waals surface area contributed by atoms with Crippen molar-refractivity contribution in [3.05, 3.63) is 96.1 Å². The molecule has 0 bridgehead atoms. The predicted molar refractivity (Wildman–Crippen MR) is 142 cm³/mol. The van der Waals surface area contributed by atoms with Crippen molar-refractivity contribution in [1.29, 1.82) is 0 Å². The number of sulfonamides is 1. The number of hydrogen-bond acceptors (Lipinski definition) is 4. The van der Waals surface area contributed by atoms with Crippen LogP contribution in [0.2, 0.25) is 0 Å². The van der Waals surface area contributed by atoms with E-state index in [1.165, 1.54) is 78.6 Å². The van der Waals surface area contributed by atoms with Gasteiger partial charge in [-0.05, 0) is 69.7 Å². The number of amides is 2. The van der Waals surface area contributed by atoms with Crippen LogP contribution in [-0.4, -0.2) is 43.3 Å². The van der Waals surface area contributed by atoms with Crippen LogP contribution in [0.15, 0.2) is 83.8 Å². The van der Waals surface area contributed by atoms with Gasteiger partial charge in [0.05, 0.1) is 10.6 Å². The van der Waals surface area contributed by atoms with Gasteiger partial charge in [0.1, 0.15) is 24.2 Å². The lowest BCUT2D eigenvalue weighted by atomic mass is 10.1. The van der Waals surface area contributed by atoms with Gasteiger partial charge in [0, 0.05) is 12.1 Å². The van der Waals surface area contributed by atoms with Gasteiger partial charge >= 0.3 is 0 Å². The predicted octanol–water partition coefficient (Wildman–Crippen LogP) is 4.49. The minimum Gasteiger partial charge on any atom is -0.350 e. The lowest BCUT2D eigenvalue weighted by molar-refractivity contribution is -0.140. The first kappa shape index (κ1) is 28.8. The zero-order chi connectivity index (χ0) is 28.1. The molecule has 0 fully saturated rings. The van der Waals surface area contributed by atoms with Gasteiger partial charge in [-0.3, -0.25) is 13.9 Å². The number of nitrogens with zero attached hydrogens (tertiary/aromatic N) is 2. The Kier molecular flexibility index (Phi) is 8.88. The fraction of sp³-hybridized carbons (Fsp3) is 0.286. The monoisotopic (exact) mass is 543 g/mol. The van der Waals surface area contributed by atoms with E-state index >= 15 is 0 Å². The minimum atomic E-state index is -4.36. The summed E-state index contributed by atoms with van der Waals surface area (Å²) in [6.45, 7) is 6.00. The van der Waals surface area contributed by atoms with E-state index in [1.807, 2.05) is 0 Å². The zero-order valence-corrected chi connectivity index (χ0v) is 22.5. The van der Waals surface area contributed by atoms with Crippen molar-refractivity contribution in [2.45, 2.75) is 50.7 Å². The molecule has 0 spiro atoms. The highest BCUT2D eigenvalue weighted by atomic mass is 32.2. The molecule has 0 radical (unpaired) electrons. The highest BCUT2D eigenvalue weighted by Crippen LogP contribution is 2.27. The fourth-order valence-electron chi connectivity index (χ4n) is 3.73. The van der Waals surface area contributed by atoms with E-state index in [1.54, 1.807) is 26.8 Å². The molecule has 38 heavy (non-hydrogen) atoms. The molecule has 0 aromatic heterocycles. The van der Waals surface area contributed by atoms with Crippen molar-refractivity contribution in [2.75, 3.05) is 10.8 Å². The smallest absolute Gasteiger partial charge is 0.264 e. The van der Waals surface area contributed by atoms with Gasteiger partial charge in [-0.1, -0.05) is 42.5 Å². The summed E-state index contributed by atoms with van der Waals surface area (Å²) in [5, 5.41) is 2.81. The van der Waals surface area contributed by atoms with Gasteiger partial charge in [0.15, 0.2) is 0 Å². The average molecular weight is 544 g/mol. The standard InChI is InChI=1S/C28H31F2N3O4S/c1-20(27(35)31-28(2,3)4)32(18-21-14-16-22(29)17-15-21)26(34)19-33(25-13-9-8-12-24(25)30)38(36,37)23-10-6-5-7-11-23/h5-17,20H,18-19H2,1-4H3,(H,31,35). The Morgan fingerprint density at radius 1 is 0.895 bits per heavy atom. The van der Waals surface area contributed by atoms with Crippen molar-refractivity contribution in [3.8, 4) is 0 Å². The second kappa shape index (κ2) is 11.7. The fourth-order valence-corrected chi connectivity index (χ4v) is 5.17. The van der Waals surface area contributed by atoms with Crippen LogP contribution in [-0.2, 0) is 26.2 Å². The summed E-state index contributed by atoms with van der Waals surface area (Å²) < 4.78 is 56.3. The second-order valence-electron chi connectivity index (χ2n) is 9.84. The molecule has 1 N–H and O–H groups in total. The molecule has 0 aliphatic carbocycles. The maximum atomic E-state index is 14.9. The highest BCUT2D eigenvalue weighted by molar-refractivity contribution is 7.92. The highest BCUT2D eigenvalue weighted by Gasteiger charge is 2.34. The van der Waals surface area contributed by atoms with E-state index in [2.05, 4.69) is 5.32 Å². The summed E-state index contributed by atoms with van der Waals surface area (Å²) >= 11 is 0. The number of nitrogens with one attached hydrogen (secondary N) is 1. The first-order valence-corrected chi connectivity index (χ1v) is 13.4. The number of benzene rings is 3. The third-order valence-corrected chi connectivity index (χ3v) is 7.44. The molecule has 1 unspecified atom stereocenters. The average Bonchev–Trinajstić information content (AvgIpc) is 2.86. The minimum absolute atomic E-state index is 0.103. The molecule has 0 saturated heterocycles. The second-order valence-corrected chi connectivity index (χ2v) is 11.7. The van der Waals surface area contributed by atoms with Crippen LogP contribution in [0.25, 0.3) is 0 Å². The summed E-state index contributed by atoms with van der Waals surface area (Å²) in [5.74, 6) is -2.50. The van der Waals surface area contributed by atoms with Gasteiger partial charge in [0.2, 0.25) is 11.8 Å². The molecular weight excluding hydrogens is 512 g/mol. The number of hydrogen-bond donors (Lipinski definition) is 1. The van der Waals surface area contributed by atoms with E-state index < -0.39 is 51.6 Å². The van der Waals surface area contributed by atoms with E-state index in [0.717, 1.165) is 6.07 Å². The van der Waals surface area contributed by atoms with Crippen LogP contribution < -0.4 is 9.62 Å². The molecule has 0 saturated carbocycles. The Labute approximate surface area is 222 Å². The van der Waals surface area contributed by atoms with Crippen molar-refractivity contribution < 1.29 is 26.8 Å². The molecule has 7 nitrogen and oxygen atoms in total. The maximum absolute atomic E-state index is 14.9. The summed E-state index contributed by atoms with van der Waals surface area (Å²) in [5.41, 5.74) is -0.372. The number of rotatable bonds is 9. The van der Waals surface area contributed by atoms with E-state index in [0.29, 0.717) is 9.87 Å². The van der Waals surface area contributed by atoms with E-state index in [9.17, 15) is 26.8 Å². The maximum Gasteiger partial charge on any atom is 0.264 e. The van der Waals surface area contributed by atoms with Gasteiger partial charge in [-0.2, -0.15) is 0 Å². The van der Waals surface area contributed by atoms with Crippen molar-refractivity contribution >= 4 is 27.5 Å². The van der Waals surface area contributed by atoms with Crippen LogP contribution in [0.5, 0.6) is 0 Å². The Bertz CT molecular complexity index is 1380. The van der Waals surface area contributed by atoms with Crippen molar-refractivity contribution in [1.82, 2.24) is 10.2 Å². The van der Waals surface area contributed by atoms with Gasteiger partial charge < -0.3 is 10.2 Å². The Morgan fingerprint density at radius 3 is 2.05 bits per heavy atom. The van der Waals surface area contributed by atoms with Crippen LogP contribution in [0.1, 0.15) is 33.3 Å². The third-order valence-electron chi connectivity index (χ3n) is 5.66. The Balaban J connectivity index is 2.03. The Hall–Kier alpha value is -3.79. The summed E-state index contributed by atoms with van der Waals surface area (Å²) in [6.07, 6.45) is 0. The number of anilines is 1. The molecular formula is C28H31F2N3O4S. The van der Waals surface area contributed by atoms with Gasteiger partial charge in [-0.15, -0.1) is 0 Å². The van der Waals surface area contributed by atoms with E-state index in [-0.39, 0.29) is 17.1 Å². The SMILES string of the molecule is CC(C(=O)NC(C)(C)C)N(Cc1ccc(F)cc1)C(=O)CN(c1ccccc1F)S(=O)(=O)c1ccccc1. The van der Waals surface area contributed by atoms with Crippen molar-refractivity contribution in [2.24, 2.45) is 0 Å². The molecule has 0 heterocycles. The molecule has 3 aromatic rings. The zero-order valence-electron chi connectivity index (χ0n) is 21.7. The molecule has 2 amide bonds. The lowest BCUT2D eigenvalue weighted by Crippen LogP contribution is -2.54. The Morgan fingerprint density at radius 2 is 1.47 bits per heavy atom. The van der Waals surface area contributed by atoms with Gasteiger partial charge in [-0.25, -0.2) is 17.2 Å². The first-order valence-electron chi connectivity index (χ1n) is 12.0. The summed E-state index contributed by atoms with van der Waals surface area (Å²) in [4.78, 5) is 27.8.